The third kappa shape index (κ3) is 3.94. The first-order valence-corrected chi connectivity index (χ1v) is 8.15. The molecular weight excluding hydrogens is 355 g/mol. The Bertz CT molecular complexity index is 859. The molecule has 0 spiro atoms. The van der Waals surface area contributed by atoms with E-state index >= 15 is 0 Å². The molecule has 0 radical (unpaired) electrons. The molecule has 0 aromatic heterocycles. The van der Waals surface area contributed by atoms with E-state index in [1.165, 1.54) is 33.5 Å². The number of carbonyl (C=O) groups is 1. The summed E-state index contributed by atoms with van der Waals surface area (Å²) in [5.41, 5.74) is 1.55. The van der Waals surface area contributed by atoms with Crippen LogP contribution in [0.2, 0.25) is 0 Å². The van der Waals surface area contributed by atoms with Gasteiger partial charge in [0.15, 0.2) is 11.5 Å². The smallest absolute Gasteiger partial charge is 0.268 e. The first-order chi connectivity index (χ1) is 13.0. The highest BCUT2D eigenvalue weighted by atomic mass is 19.1. The van der Waals surface area contributed by atoms with Crippen LogP contribution in [0.15, 0.2) is 41.6 Å². The van der Waals surface area contributed by atoms with E-state index < -0.39 is 6.10 Å². The second-order valence-corrected chi connectivity index (χ2v) is 5.75. The van der Waals surface area contributed by atoms with E-state index in [0.29, 0.717) is 34.2 Å². The Hall–Kier alpha value is -3.29. The highest BCUT2D eigenvalue weighted by Crippen LogP contribution is 2.40. The van der Waals surface area contributed by atoms with Crippen molar-refractivity contribution < 1.29 is 28.2 Å². The summed E-state index contributed by atoms with van der Waals surface area (Å²) in [6.45, 7) is 0. The number of carbonyl (C=O) groups excluding carboxylic acids is 1. The number of nitrogens with zero attached hydrogens (tertiary/aromatic N) is 1. The lowest BCUT2D eigenvalue weighted by molar-refractivity contribution is -0.125. The lowest BCUT2D eigenvalue weighted by Gasteiger charge is -2.15. The minimum atomic E-state index is -0.817. The van der Waals surface area contributed by atoms with E-state index in [9.17, 15) is 9.18 Å². The van der Waals surface area contributed by atoms with Crippen molar-refractivity contribution in [3.8, 4) is 17.2 Å². The van der Waals surface area contributed by atoms with Gasteiger partial charge in [0.25, 0.3) is 5.91 Å². The highest BCUT2D eigenvalue weighted by Gasteiger charge is 2.29. The van der Waals surface area contributed by atoms with Gasteiger partial charge in [0, 0.05) is 29.8 Å². The molecule has 0 saturated heterocycles. The SMILES string of the molecule is COc1cc(NC(=O)C2CC(c3cccc(F)c3)=NO2)cc(OC)c1OC. The molecule has 1 N–H and O–H groups in total. The third-order valence-corrected chi connectivity index (χ3v) is 4.05. The molecule has 1 heterocycles. The number of oxime groups is 1. The molecule has 0 saturated carbocycles. The van der Waals surface area contributed by atoms with Gasteiger partial charge in [-0.05, 0) is 12.1 Å². The standard InChI is InChI=1S/C19H19FN2O5/c1-24-15-8-13(9-16(25-2)18(15)26-3)21-19(23)17-10-14(22-27-17)11-5-4-6-12(20)7-11/h4-9,17H,10H2,1-3H3,(H,21,23). The molecule has 7 nitrogen and oxygen atoms in total. The van der Waals surface area contributed by atoms with Crippen molar-refractivity contribution in [2.75, 3.05) is 26.6 Å². The van der Waals surface area contributed by atoms with Crippen molar-refractivity contribution in [1.82, 2.24) is 0 Å². The van der Waals surface area contributed by atoms with Crippen molar-refractivity contribution in [2.24, 2.45) is 5.16 Å². The molecule has 3 rings (SSSR count). The van der Waals surface area contributed by atoms with Crippen LogP contribution in [-0.4, -0.2) is 39.1 Å². The summed E-state index contributed by atoms with van der Waals surface area (Å²) in [6.07, 6.45) is -0.581. The van der Waals surface area contributed by atoms with Crippen molar-refractivity contribution in [3.63, 3.8) is 0 Å². The average molecular weight is 374 g/mol. The molecule has 1 aliphatic heterocycles. The number of amides is 1. The van der Waals surface area contributed by atoms with Crippen molar-refractivity contribution >= 4 is 17.3 Å². The summed E-state index contributed by atoms with van der Waals surface area (Å²) in [5, 5.41) is 6.65. The molecule has 8 heteroatoms. The van der Waals surface area contributed by atoms with Gasteiger partial charge in [-0.2, -0.15) is 0 Å². The normalized spacial score (nSPS) is 15.6. The van der Waals surface area contributed by atoms with Crippen LogP contribution >= 0.6 is 0 Å². The Morgan fingerprint density at radius 2 is 1.85 bits per heavy atom. The number of anilines is 1. The Morgan fingerprint density at radius 3 is 2.44 bits per heavy atom. The summed E-state index contributed by atoms with van der Waals surface area (Å²) in [6, 6.07) is 9.21. The van der Waals surface area contributed by atoms with Gasteiger partial charge in [-0.3, -0.25) is 4.79 Å². The van der Waals surface area contributed by atoms with E-state index in [4.69, 9.17) is 19.0 Å². The number of nitrogens with one attached hydrogen (secondary N) is 1. The largest absolute Gasteiger partial charge is 0.493 e. The van der Waals surface area contributed by atoms with Crippen LogP contribution in [0.25, 0.3) is 0 Å². The Labute approximate surface area is 155 Å². The van der Waals surface area contributed by atoms with E-state index in [-0.39, 0.29) is 18.1 Å². The second-order valence-electron chi connectivity index (χ2n) is 5.75. The summed E-state index contributed by atoms with van der Waals surface area (Å²) in [5.74, 6) is 0.485. The summed E-state index contributed by atoms with van der Waals surface area (Å²) in [7, 11) is 4.47. The van der Waals surface area contributed by atoms with Crippen LogP contribution in [0.4, 0.5) is 10.1 Å². The zero-order chi connectivity index (χ0) is 19.4. The third-order valence-electron chi connectivity index (χ3n) is 4.05. The minimum absolute atomic E-state index is 0.236. The predicted molar refractivity (Wildman–Crippen MR) is 97.2 cm³/mol. The van der Waals surface area contributed by atoms with Crippen LogP contribution in [0.1, 0.15) is 12.0 Å². The molecule has 0 aliphatic carbocycles. The van der Waals surface area contributed by atoms with Crippen molar-refractivity contribution in [1.29, 1.82) is 0 Å². The molecule has 0 bridgehead atoms. The molecule has 1 amide bonds. The van der Waals surface area contributed by atoms with E-state index in [1.54, 1.807) is 24.3 Å². The van der Waals surface area contributed by atoms with Crippen LogP contribution in [0.3, 0.4) is 0 Å². The van der Waals surface area contributed by atoms with Crippen LogP contribution in [-0.2, 0) is 9.63 Å². The first-order valence-electron chi connectivity index (χ1n) is 8.15. The maximum Gasteiger partial charge on any atom is 0.268 e. The van der Waals surface area contributed by atoms with Gasteiger partial charge in [-0.15, -0.1) is 0 Å². The molecule has 1 unspecified atom stereocenters. The fourth-order valence-corrected chi connectivity index (χ4v) is 2.73. The molecule has 0 fully saturated rings. The van der Waals surface area contributed by atoms with Gasteiger partial charge in [-0.1, -0.05) is 17.3 Å². The Kier molecular flexibility index (Phi) is 5.44. The van der Waals surface area contributed by atoms with Gasteiger partial charge in [0.2, 0.25) is 11.9 Å². The van der Waals surface area contributed by atoms with Gasteiger partial charge in [-0.25, -0.2) is 4.39 Å². The van der Waals surface area contributed by atoms with Gasteiger partial charge in [0.1, 0.15) is 5.82 Å². The van der Waals surface area contributed by atoms with E-state index in [0.717, 1.165) is 0 Å². The fourth-order valence-electron chi connectivity index (χ4n) is 2.73. The molecule has 1 aliphatic rings. The summed E-state index contributed by atoms with van der Waals surface area (Å²) in [4.78, 5) is 17.7. The molecule has 142 valence electrons. The molecule has 27 heavy (non-hydrogen) atoms. The van der Waals surface area contributed by atoms with Crippen LogP contribution in [0, 0.1) is 5.82 Å². The van der Waals surface area contributed by atoms with Gasteiger partial charge < -0.3 is 24.4 Å². The number of benzene rings is 2. The average Bonchev–Trinajstić information content (AvgIpc) is 3.17. The number of rotatable bonds is 6. The van der Waals surface area contributed by atoms with E-state index in [2.05, 4.69) is 10.5 Å². The van der Waals surface area contributed by atoms with Crippen molar-refractivity contribution in [3.05, 3.63) is 47.8 Å². The summed E-state index contributed by atoms with van der Waals surface area (Å²) >= 11 is 0. The second kappa shape index (κ2) is 7.94. The molecular formula is C19H19FN2O5. The van der Waals surface area contributed by atoms with Crippen LogP contribution in [0.5, 0.6) is 17.2 Å². The maximum absolute atomic E-state index is 13.4. The zero-order valence-electron chi connectivity index (χ0n) is 15.1. The predicted octanol–water partition coefficient (Wildman–Crippen LogP) is 2.98. The van der Waals surface area contributed by atoms with Gasteiger partial charge >= 0.3 is 0 Å². The molecule has 2 aromatic rings. The lowest BCUT2D eigenvalue weighted by atomic mass is 10.0. The Morgan fingerprint density at radius 1 is 1.15 bits per heavy atom. The number of ether oxygens (including phenoxy) is 3. The number of halogens is 1. The van der Waals surface area contributed by atoms with Crippen LogP contribution < -0.4 is 19.5 Å². The number of methoxy groups -OCH3 is 3. The monoisotopic (exact) mass is 374 g/mol. The van der Waals surface area contributed by atoms with E-state index in [1.807, 2.05) is 0 Å². The quantitative estimate of drug-likeness (QED) is 0.841. The topological polar surface area (TPSA) is 78.4 Å². The summed E-state index contributed by atoms with van der Waals surface area (Å²) < 4.78 is 29.1. The number of hydrogen-bond acceptors (Lipinski definition) is 6. The maximum atomic E-state index is 13.4. The highest BCUT2D eigenvalue weighted by molar-refractivity contribution is 6.06. The van der Waals surface area contributed by atoms with Crippen molar-refractivity contribution in [2.45, 2.75) is 12.5 Å². The minimum Gasteiger partial charge on any atom is -0.493 e. The first kappa shape index (κ1) is 18.5. The number of hydrogen-bond donors (Lipinski definition) is 1. The fraction of sp³-hybridized carbons (Fsp3) is 0.263. The van der Waals surface area contributed by atoms with Gasteiger partial charge in [0.05, 0.1) is 27.0 Å². The zero-order valence-corrected chi connectivity index (χ0v) is 15.1. The molecule has 1 atom stereocenters. The molecule has 2 aromatic carbocycles. The lowest BCUT2D eigenvalue weighted by Crippen LogP contribution is -2.28. The Balaban J connectivity index is 1.72.